The van der Waals surface area contributed by atoms with Gasteiger partial charge in [-0.1, -0.05) is 132 Å². The average Bonchev–Trinajstić information content (AvgIpc) is 3.61. The molecule has 0 fully saturated rings. The summed E-state index contributed by atoms with van der Waals surface area (Å²) in [7, 11) is 0. The molecular formula is C40H46B2N2. The molecule has 4 aromatic rings. The van der Waals surface area contributed by atoms with Crippen molar-refractivity contribution in [2.24, 2.45) is 0 Å². The highest BCUT2D eigenvalue weighted by atomic mass is 15.6. The van der Waals surface area contributed by atoms with E-state index in [1.54, 1.807) is 0 Å². The maximum Gasteiger partial charge on any atom is 0.303 e. The van der Waals surface area contributed by atoms with E-state index in [2.05, 4.69) is 154 Å². The predicted molar refractivity (Wildman–Crippen MR) is 193 cm³/mol. The van der Waals surface area contributed by atoms with E-state index in [0.717, 1.165) is 0 Å². The molecule has 222 valence electrons. The number of nitrogens with zero attached hydrogens (tertiary/aromatic N) is 2. The number of anilines is 2. The standard InChI is InChI=1S/C40H46B2N2/c1-37(2,3)23-13-15-31-27(17-23)29-19-25(39(7,8)9)21-33-35(29)41(31)44-42-32-16-14-24(38(4,5)6)18-28(32)30-20-26(40(10,11)12)22-34(36(30)42)43(33)44/h13-22H,1-12H3. The zero-order valence-electron chi connectivity index (χ0n) is 28.8. The molecule has 4 heteroatoms. The maximum absolute atomic E-state index is 2.76. The fourth-order valence-corrected chi connectivity index (χ4v) is 8.12. The predicted octanol–water partition coefficient (Wildman–Crippen LogP) is 7.43. The van der Waals surface area contributed by atoms with E-state index in [0.29, 0.717) is 0 Å². The summed E-state index contributed by atoms with van der Waals surface area (Å²) in [5.74, 6) is 0. The Hall–Kier alpha value is -3.23. The van der Waals surface area contributed by atoms with Crippen molar-refractivity contribution < 1.29 is 0 Å². The summed E-state index contributed by atoms with van der Waals surface area (Å²) in [4.78, 5) is 2.76. The monoisotopic (exact) mass is 576 g/mol. The lowest BCUT2D eigenvalue weighted by molar-refractivity contribution is 0.588. The van der Waals surface area contributed by atoms with Gasteiger partial charge >= 0.3 is 13.7 Å². The number of rotatable bonds is 0. The first-order chi connectivity index (χ1) is 20.4. The normalized spacial score (nSPS) is 16.4. The molecule has 0 aromatic heterocycles. The van der Waals surface area contributed by atoms with Crippen LogP contribution in [0.4, 0.5) is 11.4 Å². The van der Waals surface area contributed by atoms with Gasteiger partial charge in [0.1, 0.15) is 0 Å². The smallest absolute Gasteiger partial charge is 0.295 e. The van der Waals surface area contributed by atoms with Crippen LogP contribution in [-0.2, 0) is 21.7 Å². The molecule has 2 nitrogen and oxygen atoms in total. The Balaban J connectivity index is 1.45. The Bertz CT molecular complexity index is 1780. The van der Waals surface area contributed by atoms with Gasteiger partial charge < -0.3 is 0 Å². The summed E-state index contributed by atoms with van der Waals surface area (Å²) in [5, 5.41) is 2.64. The molecule has 0 spiro atoms. The molecule has 0 N–H and O–H groups in total. The minimum atomic E-state index is 0.0479. The molecule has 4 aliphatic rings. The van der Waals surface area contributed by atoms with Crippen molar-refractivity contribution in [1.82, 2.24) is 4.83 Å². The topological polar surface area (TPSA) is 6.48 Å². The van der Waals surface area contributed by atoms with Crippen molar-refractivity contribution in [2.75, 3.05) is 5.01 Å². The summed E-state index contributed by atoms with van der Waals surface area (Å²) in [6.45, 7) is 28.5. The summed E-state index contributed by atoms with van der Waals surface area (Å²) < 4.78 is 0. The third-order valence-electron chi connectivity index (χ3n) is 10.8. The number of hydrogen-bond acceptors (Lipinski definition) is 2. The molecule has 0 radical (unpaired) electrons. The van der Waals surface area contributed by atoms with Crippen molar-refractivity contribution >= 4 is 46.9 Å². The van der Waals surface area contributed by atoms with Crippen LogP contribution in [0.15, 0.2) is 60.7 Å². The first-order valence-corrected chi connectivity index (χ1v) is 16.6. The molecule has 0 aliphatic carbocycles. The Kier molecular flexibility index (Phi) is 5.34. The van der Waals surface area contributed by atoms with Crippen LogP contribution in [0.2, 0.25) is 0 Å². The van der Waals surface area contributed by atoms with Crippen LogP contribution in [-0.4, -0.2) is 18.5 Å². The van der Waals surface area contributed by atoms with E-state index in [-0.39, 0.29) is 35.4 Å². The van der Waals surface area contributed by atoms with Crippen LogP contribution < -0.4 is 26.9 Å². The molecule has 0 bridgehead atoms. The zero-order chi connectivity index (χ0) is 31.5. The van der Waals surface area contributed by atoms with Crippen molar-refractivity contribution in [3.63, 3.8) is 0 Å². The van der Waals surface area contributed by atoms with Crippen molar-refractivity contribution in [2.45, 2.75) is 105 Å². The van der Waals surface area contributed by atoms with Crippen molar-refractivity contribution in [3.05, 3.63) is 82.9 Å². The van der Waals surface area contributed by atoms with Gasteiger partial charge in [-0.3, -0.25) is 9.84 Å². The largest absolute Gasteiger partial charge is 0.303 e. The van der Waals surface area contributed by atoms with E-state index in [4.69, 9.17) is 0 Å². The van der Waals surface area contributed by atoms with Crippen LogP contribution in [0, 0.1) is 0 Å². The lowest BCUT2D eigenvalue weighted by atomic mass is 9.42. The van der Waals surface area contributed by atoms with Gasteiger partial charge in [-0.05, 0) is 100 Å². The van der Waals surface area contributed by atoms with E-state index in [9.17, 15) is 0 Å². The quantitative estimate of drug-likeness (QED) is 0.201. The lowest BCUT2D eigenvalue weighted by Crippen LogP contribution is -2.62. The first kappa shape index (κ1) is 28.3. The van der Waals surface area contributed by atoms with Crippen LogP contribution >= 0.6 is 0 Å². The average molecular weight is 576 g/mol. The third kappa shape index (κ3) is 3.67. The van der Waals surface area contributed by atoms with Gasteiger partial charge in [-0.15, -0.1) is 0 Å². The lowest BCUT2D eigenvalue weighted by Gasteiger charge is -2.33. The summed E-state index contributed by atoms with van der Waals surface area (Å²) in [5.41, 5.74) is 20.3. The van der Waals surface area contributed by atoms with E-state index >= 15 is 0 Å². The van der Waals surface area contributed by atoms with Gasteiger partial charge in [-0.2, -0.15) is 0 Å². The Morgan fingerprint density at radius 1 is 0.409 bits per heavy atom. The minimum absolute atomic E-state index is 0.0479. The van der Waals surface area contributed by atoms with Gasteiger partial charge in [-0.25, -0.2) is 0 Å². The summed E-state index contributed by atoms with van der Waals surface area (Å²) in [6, 6.07) is 24.8. The van der Waals surface area contributed by atoms with E-state index < -0.39 is 0 Å². The number of hydrogen-bond donors (Lipinski definition) is 0. The second-order valence-corrected chi connectivity index (χ2v) is 18.0. The molecule has 44 heavy (non-hydrogen) atoms. The second kappa shape index (κ2) is 8.32. The Morgan fingerprint density at radius 2 is 0.750 bits per heavy atom. The number of fused-ring (bicyclic) bond motifs is 11. The molecule has 4 aliphatic heterocycles. The molecule has 0 saturated heterocycles. The van der Waals surface area contributed by atoms with Crippen LogP contribution in [0.25, 0.3) is 22.3 Å². The summed E-state index contributed by atoms with van der Waals surface area (Å²) >= 11 is 0. The summed E-state index contributed by atoms with van der Waals surface area (Å²) in [6.07, 6.45) is 0. The van der Waals surface area contributed by atoms with Crippen molar-refractivity contribution in [3.8, 4) is 22.3 Å². The molecular weight excluding hydrogens is 530 g/mol. The molecule has 0 unspecified atom stereocenters. The minimum Gasteiger partial charge on any atom is -0.295 e. The Morgan fingerprint density at radius 3 is 1.09 bits per heavy atom. The molecule has 0 amide bonds. The van der Waals surface area contributed by atoms with Gasteiger partial charge in [0.25, 0.3) is 0 Å². The fraction of sp³-hybridized carbons (Fsp3) is 0.400. The van der Waals surface area contributed by atoms with Gasteiger partial charge in [0.15, 0.2) is 0 Å². The molecule has 0 atom stereocenters. The SMILES string of the molecule is CC(C)(C)c1ccc2c(c1)-c1cc(C(C)(C)C)cc3c1B2N1B2c4ccc(C(C)(C)C)cc4-c4cc(C(C)(C)C)cc(c42)N31. The number of benzene rings is 4. The van der Waals surface area contributed by atoms with Gasteiger partial charge in [0, 0.05) is 0 Å². The fourth-order valence-electron chi connectivity index (χ4n) is 8.12. The first-order valence-electron chi connectivity index (χ1n) is 16.6. The second-order valence-electron chi connectivity index (χ2n) is 18.0. The zero-order valence-corrected chi connectivity index (χ0v) is 28.8. The third-order valence-corrected chi connectivity index (χ3v) is 10.8. The molecule has 8 rings (SSSR count). The maximum atomic E-state index is 2.76. The van der Waals surface area contributed by atoms with E-state index in [1.165, 1.54) is 77.7 Å². The van der Waals surface area contributed by atoms with Gasteiger partial charge in [0.05, 0.1) is 11.4 Å². The molecule has 4 heterocycles. The molecule has 4 aromatic carbocycles. The highest BCUT2D eigenvalue weighted by Gasteiger charge is 2.59. The molecule has 0 saturated carbocycles. The van der Waals surface area contributed by atoms with Crippen molar-refractivity contribution in [1.29, 1.82) is 0 Å². The van der Waals surface area contributed by atoms with Crippen LogP contribution in [0.5, 0.6) is 0 Å². The highest BCUT2D eigenvalue weighted by Crippen LogP contribution is 2.49. The van der Waals surface area contributed by atoms with Gasteiger partial charge in [0.2, 0.25) is 0 Å². The Labute approximate surface area is 266 Å². The van der Waals surface area contributed by atoms with E-state index in [1.807, 2.05) is 0 Å². The number of hydrazine groups is 1. The highest BCUT2D eigenvalue weighted by molar-refractivity contribution is 7.04. The van der Waals surface area contributed by atoms with Crippen LogP contribution in [0.1, 0.15) is 105 Å². The van der Waals surface area contributed by atoms with Crippen LogP contribution in [0.3, 0.4) is 0 Å².